The number of thiazole rings is 1. The number of carbonyl (C=O) groups is 1. The lowest BCUT2D eigenvalue weighted by molar-refractivity contribution is -0.119. The summed E-state index contributed by atoms with van der Waals surface area (Å²) < 4.78 is 5.72. The van der Waals surface area contributed by atoms with E-state index in [-0.39, 0.29) is 11.9 Å². The molecule has 0 bridgehead atoms. The number of benzene rings is 1. The molecule has 8 heteroatoms. The predicted octanol–water partition coefficient (Wildman–Crippen LogP) is 3.61. The van der Waals surface area contributed by atoms with Gasteiger partial charge in [0, 0.05) is 29.9 Å². The number of aryl methyl sites for hydroxylation is 1. The summed E-state index contributed by atoms with van der Waals surface area (Å²) >= 11 is 1.50. The Labute approximate surface area is 160 Å². The summed E-state index contributed by atoms with van der Waals surface area (Å²) in [5, 5.41) is 17.0. The van der Waals surface area contributed by atoms with Gasteiger partial charge in [-0.3, -0.25) is 4.79 Å². The molecule has 2 aromatic heterocycles. The zero-order valence-corrected chi connectivity index (χ0v) is 15.8. The van der Waals surface area contributed by atoms with Crippen molar-refractivity contribution >= 4 is 28.2 Å². The minimum atomic E-state index is -0.0439. The van der Waals surface area contributed by atoms with Gasteiger partial charge in [-0.15, -0.1) is 16.4 Å². The number of aromatic nitrogens is 3. The summed E-state index contributed by atoms with van der Waals surface area (Å²) in [7, 11) is 0. The maximum Gasteiger partial charge on any atom is 0.217 e. The van der Waals surface area contributed by atoms with E-state index in [1.54, 1.807) is 0 Å². The Morgan fingerprint density at radius 2 is 2.15 bits per heavy atom. The van der Waals surface area contributed by atoms with Crippen molar-refractivity contribution in [2.24, 2.45) is 0 Å². The van der Waals surface area contributed by atoms with Crippen LogP contribution in [-0.4, -0.2) is 27.7 Å². The molecule has 0 fully saturated rings. The normalized spacial score (nSPS) is 15.6. The first-order valence-corrected chi connectivity index (χ1v) is 9.53. The molecule has 1 aromatic carbocycles. The van der Waals surface area contributed by atoms with Gasteiger partial charge in [0.25, 0.3) is 0 Å². The van der Waals surface area contributed by atoms with Crippen LogP contribution in [0.4, 0.5) is 10.9 Å². The first-order valence-electron chi connectivity index (χ1n) is 8.65. The van der Waals surface area contributed by atoms with E-state index in [0.29, 0.717) is 12.4 Å². The van der Waals surface area contributed by atoms with Gasteiger partial charge < -0.3 is 15.4 Å². The fourth-order valence-corrected chi connectivity index (χ4v) is 3.71. The number of anilines is 2. The van der Waals surface area contributed by atoms with Gasteiger partial charge in [0.05, 0.1) is 24.0 Å². The molecule has 1 atom stereocenters. The number of nitrogens with one attached hydrogen (secondary N) is 2. The number of ether oxygens (including phenoxy) is 1. The second-order valence-electron chi connectivity index (χ2n) is 6.37. The Morgan fingerprint density at radius 3 is 2.93 bits per heavy atom. The monoisotopic (exact) mass is 381 g/mol. The molecule has 0 spiro atoms. The Balaban J connectivity index is 1.58. The number of hydrogen-bond donors (Lipinski definition) is 2. The third kappa shape index (κ3) is 3.90. The van der Waals surface area contributed by atoms with Crippen molar-refractivity contribution in [3.63, 3.8) is 0 Å². The zero-order valence-electron chi connectivity index (χ0n) is 15.0. The predicted molar refractivity (Wildman–Crippen MR) is 104 cm³/mol. The van der Waals surface area contributed by atoms with Gasteiger partial charge in [0.2, 0.25) is 5.91 Å². The quantitative estimate of drug-likeness (QED) is 0.718. The van der Waals surface area contributed by atoms with Crippen LogP contribution in [0.5, 0.6) is 5.75 Å². The van der Waals surface area contributed by atoms with Crippen LogP contribution in [0.15, 0.2) is 35.7 Å². The number of fused-ring (bicyclic) bond motifs is 1. The number of nitrogens with zero attached hydrogens (tertiary/aromatic N) is 3. The van der Waals surface area contributed by atoms with Crippen molar-refractivity contribution in [3.05, 3.63) is 47.0 Å². The van der Waals surface area contributed by atoms with E-state index < -0.39 is 0 Å². The minimum absolute atomic E-state index is 0.0368. The molecular weight excluding hydrogens is 362 g/mol. The van der Waals surface area contributed by atoms with E-state index in [2.05, 4.69) is 25.8 Å². The molecule has 1 aliphatic heterocycles. The summed E-state index contributed by atoms with van der Waals surface area (Å²) in [4.78, 5) is 16.1. The molecule has 4 rings (SSSR count). The van der Waals surface area contributed by atoms with Crippen molar-refractivity contribution in [1.29, 1.82) is 0 Å². The SMILES string of the molecule is CC(=O)NC1CCOc2ccc(-c3csc(Nc4ccc(C)nn4)n3)cc21. The van der Waals surface area contributed by atoms with E-state index in [1.165, 1.54) is 18.3 Å². The highest BCUT2D eigenvalue weighted by atomic mass is 32.1. The van der Waals surface area contributed by atoms with Crippen molar-refractivity contribution in [2.75, 3.05) is 11.9 Å². The van der Waals surface area contributed by atoms with Crippen LogP contribution in [0.2, 0.25) is 0 Å². The summed E-state index contributed by atoms with van der Waals surface area (Å²) in [5.41, 5.74) is 3.69. The molecule has 0 aliphatic carbocycles. The fourth-order valence-electron chi connectivity index (χ4n) is 2.99. The molecule has 2 N–H and O–H groups in total. The molecule has 0 radical (unpaired) electrons. The third-order valence-corrected chi connectivity index (χ3v) is 5.02. The summed E-state index contributed by atoms with van der Waals surface area (Å²) in [6.07, 6.45) is 0.756. The molecule has 3 heterocycles. The fraction of sp³-hybridized carbons (Fsp3) is 0.263. The van der Waals surface area contributed by atoms with Gasteiger partial charge in [0.15, 0.2) is 10.9 Å². The highest BCUT2D eigenvalue weighted by molar-refractivity contribution is 7.14. The van der Waals surface area contributed by atoms with Gasteiger partial charge in [-0.2, -0.15) is 5.10 Å². The Hall–Kier alpha value is -3.00. The maximum atomic E-state index is 11.5. The van der Waals surface area contributed by atoms with Gasteiger partial charge >= 0.3 is 0 Å². The van der Waals surface area contributed by atoms with Gasteiger partial charge in [-0.25, -0.2) is 4.98 Å². The van der Waals surface area contributed by atoms with Crippen molar-refractivity contribution in [3.8, 4) is 17.0 Å². The van der Waals surface area contributed by atoms with E-state index in [9.17, 15) is 4.79 Å². The minimum Gasteiger partial charge on any atom is -0.493 e. The average molecular weight is 381 g/mol. The standard InChI is InChI=1S/C19H19N5O2S/c1-11-3-6-18(24-23-11)22-19-21-16(10-27-19)13-4-5-17-14(9-13)15(7-8-26-17)20-12(2)25/h3-6,9-10,15H,7-8H2,1-2H3,(H,20,25)(H,21,22,24). The Morgan fingerprint density at radius 1 is 1.26 bits per heavy atom. The lowest BCUT2D eigenvalue weighted by Gasteiger charge is -2.26. The van der Waals surface area contributed by atoms with Crippen LogP contribution in [0.3, 0.4) is 0 Å². The van der Waals surface area contributed by atoms with Gasteiger partial charge in [-0.1, -0.05) is 0 Å². The van der Waals surface area contributed by atoms with Crippen LogP contribution in [0, 0.1) is 6.92 Å². The van der Waals surface area contributed by atoms with E-state index in [0.717, 1.165) is 39.8 Å². The largest absolute Gasteiger partial charge is 0.493 e. The summed E-state index contributed by atoms with van der Waals surface area (Å²) in [6.45, 7) is 4.03. The highest BCUT2D eigenvalue weighted by Gasteiger charge is 2.23. The maximum absolute atomic E-state index is 11.5. The number of hydrogen-bond acceptors (Lipinski definition) is 7. The number of carbonyl (C=O) groups excluding carboxylic acids is 1. The molecule has 1 unspecified atom stereocenters. The average Bonchev–Trinajstić information content (AvgIpc) is 3.12. The van der Waals surface area contributed by atoms with Crippen LogP contribution in [0.1, 0.15) is 30.6 Å². The molecular formula is C19H19N5O2S. The third-order valence-electron chi connectivity index (χ3n) is 4.26. The van der Waals surface area contributed by atoms with Crippen molar-refractivity contribution in [1.82, 2.24) is 20.5 Å². The van der Waals surface area contributed by atoms with Crippen LogP contribution >= 0.6 is 11.3 Å². The van der Waals surface area contributed by atoms with Gasteiger partial charge in [-0.05, 0) is 37.3 Å². The zero-order chi connectivity index (χ0) is 18.8. The van der Waals surface area contributed by atoms with Crippen LogP contribution in [0.25, 0.3) is 11.3 Å². The van der Waals surface area contributed by atoms with Crippen LogP contribution in [-0.2, 0) is 4.79 Å². The Bertz CT molecular complexity index is 970. The summed E-state index contributed by atoms with van der Waals surface area (Å²) in [6, 6.07) is 9.70. The second kappa shape index (κ2) is 7.32. The molecule has 0 saturated heterocycles. The van der Waals surface area contributed by atoms with Crippen molar-refractivity contribution in [2.45, 2.75) is 26.3 Å². The van der Waals surface area contributed by atoms with E-state index in [4.69, 9.17) is 4.74 Å². The van der Waals surface area contributed by atoms with Crippen LogP contribution < -0.4 is 15.4 Å². The number of amides is 1. The lowest BCUT2D eigenvalue weighted by Crippen LogP contribution is -2.30. The number of rotatable bonds is 4. The first kappa shape index (κ1) is 17.4. The molecule has 0 saturated carbocycles. The molecule has 7 nitrogen and oxygen atoms in total. The molecule has 1 aliphatic rings. The highest BCUT2D eigenvalue weighted by Crippen LogP contribution is 2.36. The molecule has 1 amide bonds. The second-order valence-corrected chi connectivity index (χ2v) is 7.22. The molecule has 27 heavy (non-hydrogen) atoms. The first-order chi connectivity index (χ1) is 13.1. The summed E-state index contributed by atoms with van der Waals surface area (Å²) in [5.74, 6) is 1.43. The smallest absolute Gasteiger partial charge is 0.217 e. The molecule has 138 valence electrons. The topological polar surface area (TPSA) is 89.0 Å². The van der Waals surface area contributed by atoms with Crippen molar-refractivity contribution < 1.29 is 9.53 Å². The van der Waals surface area contributed by atoms with E-state index >= 15 is 0 Å². The van der Waals surface area contributed by atoms with E-state index in [1.807, 2.05) is 42.6 Å². The lowest BCUT2D eigenvalue weighted by atomic mass is 9.97. The Kier molecular flexibility index (Phi) is 4.72. The molecule has 3 aromatic rings. The van der Waals surface area contributed by atoms with Gasteiger partial charge in [0.1, 0.15) is 5.75 Å².